The van der Waals surface area contributed by atoms with Crippen LogP contribution in [0.3, 0.4) is 0 Å². The number of aryl methyl sites for hydroxylation is 2. The molecule has 0 heterocycles. The number of halogens is 4. The first-order chi connectivity index (χ1) is 16.3. The average molecular weight is 525 g/mol. The van der Waals surface area contributed by atoms with Gasteiger partial charge in [0.15, 0.2) is 0 Å². The molecule has 0 aromatic heterocycles. The summed E-state index contributed by atoms with van der Waals surface area (Å²) in [6.45, 7) is 4.89. The van der Waals surface area contributed by atoms with Crippen LogP contribution in [0.2, 0.25) is 5.02 Å². The van der Waals surface area contributed by atoms with Crippen LogP contribution in [0.5, 0.6) is 0 Å². The summed E-state index contributed by atoms with van der Waals surface area (Å²) in [5, 5.41) is 2.15. The molecule has 1 atom stereocenters. The number of alkyl halides is 3. The van der Waals surface area contributed by atoms with Crippen LogP contribution in [0.1, 0.15) is 35.2 Å². The van der Waals surface area contributed by atoms with E-state index in [9.17, 15) is 26.4 Å². The minimum atomic E-state index is -4.81. The lowest BCUT2D eigenvalue weighted by Crippen LogP contribution is -2.41. The topological polar surface area (TPSA) is 66.5 Å². The van der Waals surface area contributed by atoms with Crippen molar-refractivity contribution in [1.82, 2.24) is 5.32 Å². The maximum Gasteiger partial charge on any atom is 0.417 e. The van der Waals surface area contributed by atoms with Gasteiger partial charge in [-0.3, -0.25) is 9.10 Å². The van der Waals surface area contributed by atoms with Crippen molar-refractivity contribution in [1.29, 1.82) is 0 Å². The molecule has 1 amide bonds. The molecular formula is C25H24ClF3N2O3S. The number of benzene rings is 3. The molecule has 0 saturated carbocycles. The Morgan fingerprint density at radius 3 is 2.26 bits per heavy atom. The number of carbonyl (C=O) groups excluding carboxylic acids is 1. The lowest BCUT2D eigenvalue weighted by molar-refractivity contribution is -0.137. The summed E-state index contributed by atoms with van der Waals surface area (Å²) < 4.78 is 67.8. The van der Waals surface area contributed by atoms with Crippen LogP contribution < -0.4 is 9.62 Å². The van der Waals surface area contributed by atoms with E-state index in [1.807, 2.05) is 32.0 Å². The van der Waals surface area contributed by atoms with E-state index in [2.05, 4.69) is 5.32 Å². The lowest BCUT2D eigenvalue weighted by Gasteiger charge is -2.26. The van der Waals surface area contributed by atoms with Crippen molar-refractivity contribution in [3.63, 3.8) is 0 Å². The van der Waals surface area contributed by atoms with Gasteiger partial charge >= 0.3 is 6.18 Å². The Balaban J connectivity index is 1.98. The summed E-state index contributed by atoms with van der Waals surface area (Å²) >= 11 is 5.72. The van der Waals surface area contributed by atoms with Crippen molar-refractivity contribution >= 4 is 33.2 Å². The third-order valence-corrected chi connectivity index (χ3v) is 7.69. The number of rotatable bonds is 7. The average Bonchev–Trinajstić information content (AvgIpc) is 2.79. The molecule has 0 spiro atoms. The van der Waals surface area contributed by atoms with E-state index in [1.54, 1.807) is 13.0 Å². The van der Waals surface area contributed by atoms with Gasteiger partial charge in [-0.25, -0.2) is 8.42 Å². The Labute approximate surface area is 207 Å². The zero-order valence-corrected chi connectivity index (χ0v) is 20.8. The van der Waals surface area contributed by atoms with Gasteiger partial charge in [0.1, 0.15) is 6.54 Å². The number of hydrogen-bond donors (Lipinski definition) is 1. The van der Waals surface area contributed by atoms with E-state index in [4.69, 9.17) is 11.6 Å². The smallest absolute Gasteiger partial charge is 0.348 e. The van der Waals surface area contributed by atoms with Crippen LogP contribution in [0.4, 0.5) is 18.9 Å². The van der Waals surface area contributed by atoms with Gasteiger partial charge in [-0.05, 0) is 67.8 Å². The molecule has 0 aliphatic carbocycles. The predicted octanol–water partition coefficient (Wildman–Crippen LogP) is 6.05. The summed E-state index contributed by atoms with van der Waals surface area (Å²) in [4.78, 5) is 12.8. The highest BCUT2D eigenvalue weighted by atomic mass is 35.5. The van der Waals surface area contributed by atoms with E-state index < -0.39 is 45.3 Å². The van der Waals surface area contributed by atoms with E-state index in [-0.39, 0.29) is 10.6 Å². The van der Waals surface area contributed by atoms with Crippen molar-refractivity contribution in [2.24, 2.45) is 0 Å². The Kier molecular flexibility index (Phi) is 7.81. The molecule has 0 bridgehead atoms. The molecule has 3 aromatic rings. The summed E-state index contributed by atoms with van der Waals surface area (Å²) in [7, 11) is -4.37. The van der Waals surface area contributed by atoms with Crippen LogP contribution in [0.25, 0.3) is 0 Å². The molecule has 186 valence electrons. The second-order valence-electron chi connectivity index (χ2n) is 8.12. The van der Waals surface area contributed by atoms with E-state index in [0.29, 0.717) is 10.4 Å². The molecule has 0 radical (unpaired) electrons. The first kappa shape index (κ1) is 26.6. The Morgan fingerprint density at radius 1 is 1.00 bits per heavy atom. The highest BCUT2D eigenvalue weighted by Crippen LogP contribution is 2.38. The highest BCUT2D eigenvalue weighted by Gasteiger charge is 2.35. The second kappa shape index (κ2) is 10.3. The summed E-state index contributed by atoms with van der Waals surface area (Å²) in [6.07, 6.45) is -4.81. The molecule has 3 aromatic carbocycles. The molecule has 3 rings (SSSR count). The van der Waals surface area contributed by atoms with Gasteiger partial charge < -0.3 is 5.32 Å². The van der Waals surface area contributed by atoms with Crippen molar-refractivity contribution in [2.75, 3.05) is 10.8 Å². The molecule has 1 unspecified atom stereocenters. The number of nitrogens with one attached hydrogen (secondary N) is 1. The van der Waals surface area contributed by atoms with Gasteiger partial charge in [0, 0.05) is 0 Å². The highest BCUT2D eigenvalue weighted by molar-refractivity contribution is 7.92. The molecule has 0 aliphatic rings. The Bertz CT molecular complexity index is 1330. The monoisotopic (exact) mass is 524 g/mol. The fraction of sp³-hybridized carbons (Fsp3) is 0.240. The van der Waals surface area contributed by atoms with Crippen molar-refractivity contribution < 1.29 is 26.4 Å². The summed E-state index contributed by atoms with van der Waals surface area (Å²) in [5.74, 6) is -0.682. The van der Waals surface area contributed by atoms with Crippen LogP contribution in [-0.4, -0.2) is 20.9 Å². The maximum absolute atomic E-state index is 13.5. The molecule has 0 saturated heterocycles. The first-order valence-corrected chi connectivity index (χ1v) is 12.4. The zero-order chi connectivity index (χ0) is 26.0. The number of nitrogens with zero attached hydrogens (tertiary/aromatic N) is 1. The SMILES string of the molecule is Cc1ccc(C(C)NC(=O)CN(c2ccc(Cl)c(C(F)(F)F)c2)S(=O)(=O)c2ccccc2)cc1C. The molecule has 5 nitrogen and oxygen atoms in total. The van der Waals surface area contributed by atoms with E-state index in [1.165, 1.54) is 24.3 Å². The molecule has 1 N–H and O–H groups in total. The molecule has 0 fully saturated rings. The van der Waals surface area contributed by atoms with Gasteiger partial charge in [-0.2, -0.15) is 13.2 Å². The number of hydrogen-bond acceptors (Lipinski definition) is 3. The van der Waals surface area contributed by atoms with Crippen LogP contribution >= 0.6 is 11.6 Å². The minimum absolute atomic E-state index is 0.168. The van der Waals surface area contributed by atoms with E-state index >= 15 is 0 Å². The number of anilines is 1. The summed E-state index contributed by atoms with van der Waals surface area (Å²) in [6, 6.07) is 15.1. The third kappa shape index (κ3) is 6.15. The number of sulfonamides is 1. The zero-order valence-electron chi connectivity index (χ0n) is 19.2. The fourth-order valence-corrected chi connectivity index (χ4v) is 5.11. The number of carbonyl (C=O) groups is 1. The summed E-state index contributed by atoms with van der Waals surface area (Å²) in [5.41, 5.74) is 1.38. The van der Waals surface area contributed by atoms with E-state index in [0.717, 1.165) is 28.8 Å². The van der Waals surface area contributed by atoms with Crippen molar-refractivity contribution in [3.8, 4) is 0 Å². The molecule has 10 heteroatoms. The Hall–Kier alpha value is -3.04. The van der Waals surface area contributed by atoms with Crippen molar-refractivity contribution in [3.05, 3.63) is 94.0 Å². The van der Waals surface area contributed by atoms with Gasteiger partial charge in [-0.15, -0.1) is 0 Å². The third-order valence-electron chi connectivity index (χ3n) is 5.57. The normalized spacial score (nSPS) is 12.8. The fourth-order valence-electron chi connectivity index (χ4n) is 3.46. The lowest BCUT2D eigenvalue weighted by atomic mass is 10.0. The largest absolute Gasteiger partial charge is 0.417 e. The molecule has 35 heavy (non-hydrogen) atoms. The first-order valence-electron chi connectivity index (χ1n) is 10.6. The van der Waals surface area contributed by atoms with Gasteiger partial charge in [0.25, 0.3) is 10.0 Å². The molecular weight excluding hydrogens is 501 g/mol. The van der Waals surface area contributed by atoms with Gasteiger partial charge in [-0.1, -0.05) is 48.0 Å². The van der Waals surface area contributed by atoms with Gasteiger partial charge in [0.05, 0.1) is 27.2 Å². The van der Waals surface area contributed by atoms with Crippen LogP contribution in [-0.2, 0) is 21.0 Å². The van der Waals surface area contributed by atoms with Crippen LogP contribution in [0.15, 0.2) is 71.6 Å². The standard InChI is InChI=1S/C25H24ClF3N2O3S/c1-16-9-10-19(13-17(16)2)18(3)30-24(32)15-31(35(33,34)21-7-5-4-6-8-21)20-11-12-23(26)22(14-20)25(27,28)29/h4-14,18H,15H2,1-3H3,(H,30,32). The Morgan fingerprint density at radius 2 is 1.66 bits per heavy atom. The minimum Gasteiger partial charge on any atom is -0.348 e. The second-order valence-corrected chi connectivity index (χ2v) is 10.4. The van der Waals surface area contributed by atoms with Gasteiger partial charge in [0.2, 0.25) is 5.91 Å². The quantitative estimate of drug-likeness (QED) is 0.409. The number of amides is 1. The predicted molar refractivity (Wildman–Crippen MR) is 130 cm³/mol. The molecule has 0 aliphatic heterocycles. The van der Waals surface area contributed by atoms with Crippen LogP contribution in [0, 0.1) is 13.8 Å². The maximum atomic E-state index is 13.5. The van der Waals surface area contributed by atoms with Crippen molar-refractivity contribution in [2.45, 2.75) is 37.9 Å².